The molecule has 78 valence electrons. The highest BCUT2D eigenvalue weighted by molar-refractivity contribution is 4.78. The first-order chi connectivity index (χ1) is 6.26. The largest absolute Gasteiger partial charge is 0.395 e. The quantitative estimate of drug-likeness (QED) is 0.601. The van der Waals surface area contributed by atoms with Crippen molar-refractivity contribution < 1.29 is 10.2 Å². The molecule has 1 aliphatic carbocycles. The van der Waals surface area contributed by atoms with Gasteiger partial charge in [0.1, 0.15) is 0 Å². The van der Waals surface area contributed by atoms with Crippen LogP contribution in [-0.4, -0.2) is 35.5 Å². The van der Waals surface area contributed by atoms with E-state index in [9.17, 15) is 0 Å². The van der Waals surface area contributed by atoms with Crippen LogP contribution >= 0.6 is 0 Å². The number of aliphatic hydroxyl groups is 2. The average molecular weight is 187 g/mol. The molecule has 0 bridgehead atoms. The minimum absolute atomic E-state index is 0.0303. The zero-order valence-electron chi connectivity index (χ0n) is 8.37. The Morgan fingerprint density at radius 3 is 2.15 bits per heavy atom. The predicted molar refractivity (Wildman–Crippen MR) is 52.5 cm³/mol. The molecular weight excluding hydrogens is 166 g/mol. The number of hydrogen-bond donors (Lipinski definition) is 3. The lowest BCUT2D eigenvalue weighted by Crippen LogP contribution is -2.44. The maximum atomic E-state index is 8.89. The number of nitrogens with one attached hydrogen (secondary N) is 1. The van der Waals surface area contributed by atoms with Crippen LogP contribution in [0.2, 0.25) is 0 Å². The van der Waals surface area contributed by atoms with E-state index in [0.717, 1.165) is 5.92 Å². The molecular formula is C10H21NO2. The van der Waals surface area contributed by atoms with Crippen molar-refractivity contribution in [2.45, 2.75) is 44.7 Å². The molecule has 0 unspecified atom stereocenters. The molecule has 1 fully saturated rings. The molecule has 1 rings (SSSR count). The third-order valence-corrected chi connectivity index (χ3v) is 2.93. The van der Waals surface area contributed by atoms with E-state index in [1.165, 1.54) is 25.7 Å². The van der Waals surface area contributed by atoms with E-state index >= 15 is 0 Å². The van der Waals surface area contributed by atoms with Crippen molar-refractivity contribution in [1.82, 2.24) is 5.32 Å². The second kappa shape index (κ2) is 5.58. The number of rotatable bonds is 4. The third-order valence-electron chi connectivity index (χ3n) is 2.93. The molecule has 13 heavy (non-hydrogen) atoms. The summed E-state index contributed by atoms with van der Waals surface area (Å²) in [5, 5.41) is 21.0. The molecule has 0 atom stereocenters. The van der Waals surface area contributed by atoms with Gasteiger partial charge in [0.05, 0.1) is 19.3 Å². The van der Waals surface area contributed by atoms with Gasteiger partial charge in [0.2, 0.25) is 0 Å². The first-order valence-electron chi connectivity index (χ1n) is 5.24. The lowest BCUT2D eigenvalue weighted by atomic mass is 9.87. The van der Waals surface area contributed by atoms with Gasteiger partial charge in [-0.15, -0.1) is 0 Å². The van der Waals surface area contributed by atoms with Gasteiger partial charge in [0, 0.05) is 6.04 Å². The standard InChI is InChI=1S/C10H21NO2/c1-8-2-4-9(5-3-8)11-10(6-12)7-13/h8-13H,2-7H2,1H3. The summed E-state index contributed by atoms with van der Waals surface area (Å²) in [6, 6.07) is 0.374. The molecule has 3 heteroatoms. The monoisotopic (exact) mass is 187 g/mol. The smallest absolute Gasteiger partial charge is 0.0607 e. The van der Waals surface area contributed by atoms with Crippen LogP contribution in [0.15, 0.2) is 0 Å². The van der Waals surface area contributed by atoms with Gasteiger partial charge in [-0.05, 0) is 31.6 Å². The van der Waals surface area contributed by atoms with Gasteiger partial charge < -0.3 is 15.5 Å². The Balaban J connectivity index is 2.21. The molecule has 0 aromatic rings. The Labute approximate surface area is 80.2 Å². The minimum Gasteiger partial charge on any atom is -0.395 e. The molecule has 0 aromatic heterocycles. The zero-order chi connectivity index (χ0) is 9.68. The molecule has 0 amide bonds. The first kappa shape index (κ1) is 11.0. The van der Waals surface area contributed by atoms with Crippen molar-refractivity contribution in [3.63, 3.8) is 0 Å². The highest BCUT2D eigenvalue weighted by Crippen LogP contribution is 2.23. The van der Waals surface area contributed by atoms with Crippen LogP contribution in [-0.2, 0) is 0 Å². The van der Waals surface area contributed by atoms with E-state index in [1.807, 2.05) is 0 Å². The van der Waals surface area contributed by atoms with E-state index in [-0.39, 0.29) is 19.3 Å². The van der Waals surface area contributed by atoms with Crippen LogP contribution in [0, 0.1) is 5.92 Å². The van der Waals surface area contributed by atoms with E-state index in [4.69, 9.17) is 10.2 Å². The molecule has 0 aliphatic heterocycles. The van der Waals surface area contributed by atoms with Crippen LogP contribution in [0.1, 0.15) is 32.6 Å². The molecule has 3 nitrogen and oxygen atoms in total. The Morgan fingerprint density at radius 1 is 1.15 bits per heavy atom. The minimum atomic E-state index is -0.126. The van der Waals surface area contributed by atoms with Gasteiger partial charge in [-0.25, -0.2) is 0 Å². The number of hydrogen-bond acceptors (Lipinski definition) is 3. The third kappa shape index (κ3) is 3.63. The summed E-state index contributed by atoms with van der Waals surface area (Å²) in [6.45, 7) is 2.34. The van der Waals surface area contributed by atoms with Crippen LogP contribution in [0.5, 0.6) is 0 Å². The lowest BCUT2D eigenvalue weighted by molar-refractivity contribution is 0.151. The average Bonchev–Trinajstić information content (AvgIpc) is 2.17. The van der Waals surface area contributed by atoms with E-state index in [1.54, 1.807) is 0 Å². The summed E-state index contributed by atoms with van der Waals surface area (Å²) < 4.78 is 0. The van der Waals surface area contributed by atoms with Gasteiger partial charge in [0.15, 0.2) is 0 Å². The molecule has 0 radical (unpaired) electrons. The van der Waals surface area contributed by atoms with Crippen molar-refractivity contribution in [2.75, 3.05) is 13.2 Å². The van der Waals surface area contributed by atoms with Crippen molar-refractivity contribution in [3.05, 3.63) is 0 Å². The van der Waals surface area contributed by atoms with Crippen molar-refractivity contribution >= 4 is 0 Å². The molecule has 1 aliphatic rings. The summed E-state index contributed by atoms with van der Waals surface area (Å²) in [5.41, 5.74) is 0. The fourth-order valence-electron chi connectivity index (χ4n) is 1.92. The highest BCUT2D eigenvalue weighted by atomic mass is 16.3. The molecule has 0 saturated heterocycles. The maximum Gasteiger partial charge on any atom is 0.0607 e. The maximum absolute atomic E-state index is 8.89. The SMILES string of the molecule is CC1CCC(NC(CO)CO)CC1. The molecule has 3 N–H and O–H groups in total. The Kier molecular flexibility index (Phi) is 4.70. The van der Waals surface area contributed by atoms with Crippen LogP contribution in [0.25, 0.3) is 0 Å². The summed E-state index contributed by atoms with van der Waals surface area (Å²) in [5.74, 6) is 0.847. The second-order valence-electron chi connectivity index (χ2n) is 4.19. The van der Waals surface area contributed by atoms with Crippen LogP contribution in [0.3, 0.4) is 0 Å². The zero-order valence-corrected chi connectivity index (χ0v) is 8.37. The molecule has 0 aromatic carbocycles. The van der Waals surface area contributed by atoms with E-state index < -0.39 is 0 Å². The number of aliphatic hydroxyl groups excluding tert-OH is 2. The summed E-state index contributed by atoms with van der Waals surface area (Å²) >= 11 is 0. The highest BCUT2D eigenvalue weighted by Gasteiger charge is 2.20. The predicted octanol–water partition coefficient (Wildman–Crippen LogP) is 0.508. The first-order valence-corrected chi connectivity index (χ1v) is 5.24. The molecule has 0 heterocycles. The molecule has 1 saturated carbocycles. The van der Waals surface area contributed by atoms with Gasteiger partial charge in [-0.2, -0.15) is 0 Å². The van der Waals surface area contributed by atoms with Crippen LogP contribution < -0.4 is 5.32 Å². The van der Waals surface area contributed by atoms with Crippen molar-refractivity contribution in [1.29, 1.82) is 0 Å². The van der Waals surface area contributed by atoms with Crippen molar-refractivity contribution in [2.24, 2.45) is 5.92 Å². The van der Waals surface area contributed by atoms with Gasteiger partial charge in [-0.1, -0.05) is 6.92 Å². The van der Waals surface area contributed by atoms with Crippen LogP contribution in [0.4, 0.5) is 0 Å². The van der Waals surface area contributed by atoms with Gasteiger partial charge in [0.25, 0.3) is 0 Å². The fourth-order valence-corrected chi connectivity index (χ4v) is 1.92. The molecule has 0 spiro atoms. The van der Waals surface area contributed by atoms with E-state index in [2.05, 4.69) is 12.2 Å². The topological polar surface area (TPSA) is 52.5 Å². The normalized spacial score (nSPS) is 29.5. The second-order valence-corrected chi connectivity index (χ2v) is 4.19. The van der Waals surface area contributed by atoms with E-state index in [0.29, 0.717) is 6.04 Å². The summed E-state index contributed by atoms with van der Waals surface area (Å²) in [6.07, 6.45) is 4.89. The fraction of sp³-hybridized carbons (Fsp3) is 1.00. The van der Waals surface area contributed by atoms with Crippen molar-refractivity contribution in [3.8, 4) is 0 Å². The Hall–Kier alpha value is -0.120. The lowest BCUT2D eigenvalue weighted by Gasteiger charge is -2.29. The van der Waals surface area contributed by atoms with Gasteiger partial charge >= 0.3 is 0 Å². The Bertz CT molecular complexity index is 129. The Morgan fingerprint density at radius 2 is 1.69 bits per heavy atom. The summed E-state index contributed by atoms with van der Waals surface area (Å²) in [4.78, 5) is 0. The van der Waals surface area contributed by atoms with Gasteiger partial charge in [-0.3, -0.25) is 0 Å². The summed E-state index contributed by atoms with van der Waals surface area (Å²) in [7, 11) is 0.